The quantitative estimate of drug-likeness (QED) is 0.562. The van der Waals surface area contributed by atoms with Crippen LogP contribution >= 0.6 is 0 Å². The Morgan fingerprint density at radius 2 is 1.84 bits per heavy atom. The number of carbonyl (C=O) groups excluding carboxylic acids is 2. The average molecular weight is 352 g/mol. The van der Waals surface area contributed by atoms with Crippen LogP contribution in [0.25, 0.3) is 0 Å². The summed E-state index contributed by atoms with van der Waals surface area (Å²) in [6.45, 7) is 10.8. The Hall–Kier alpha value is -1.36. The second-order valence-electron chi connectivity index (χ2n) is 7.66. The predicted molar refractivity (Wildman–Crippen MR) is 103 cm³/mol. The summed E-state index contributed by atoms with van der Waals surface area (Å²) in [7, 11) is 1.95. The minimum absolute atomic E-state index is 0.109. The molecule has 1 fully saturated rings. The zero-order valence-electron chi connectivity index (χ0n) is 16.6. The van der Waals surface area contributed by atoms with Crippen molar-refractivity contribution in [2.45, 2.75) is 77.8 Å². The van der Waals surface area contributed by atoms with E-state index in [-0.39, 0.29) is 23.7 Å². The number of allylic oxidation sites excluding steroid dienone is 1. The Morgan fingerprint density at radius 1 is 1.20 bits per heavy atom. The lowest BCUT2D eigenvalue weighted by atomic mass is 9.95. The molecule has 0 saturated heterocycles. The van der Waals surface area contributed by atoms with Crippen molar-refractivity contribution in [3.05, 3.63) is 12.3 Å². The number of Topliss-reactive ketones (excluding diaryl/α,β-unsaturated/α-hetero) is 1. The molecule has 0 aromatic carbocycles. The molecule has 1 saturated carbocycles. The van der Waals surface area contributed by atoms with Gasteiger partial charge in [-0.3, -0.25) is 14.5 Å². The minimum Gasteiger partial charge on any atom is -0.389 e. The molecule has 0 heterocycles. The molecule has 144 valence electrons. The van der Waals surface area contributed by atoms with Gasteiger partial charge in [0.25, 0.3) is 0 Å². The van der Waals surface area contributed by atoms with Gasteiger partial charge in [-0.15, -0.1) is 0 Å². The van der Waals surface area contributed by atoms with E-state index < -0.39 is 0 Å². The van der Waals surface area contributed by atoms with E-state index in [2.05, 4.69) is 17.2 Å². The molecule has 2 N–H and O–H groups in total. The first-order valence-corrected chi connectivity index (χ1v) is 9.71. The maximum absolute atomic E-state index is 12.4. The van der Waals surface area contributed by atoms with Crippen molar-refractivity contribution >= 4 is 11.7 Å². The molecule has 2 atom stereocenters. The first-order valence-electron chi connectivity index (χ1n) is 9.71. The van der Waals surface area contributed by atoms with Gasteiger partial charge in [-0.1, -0.05) is 32.8 Å². The highest BCUT2D eigenvalue weighted by Crippen LogP contribution is 2.18. The summed E-state index contributed by atoms with van der Waals surface area (Å²) in [5.41, 5.74) is 0.945. The lowest BCUT2D eigenvalue weighted by molar-refractivity contribution is -0.128. The van der Waals surface area contributed by atoms with Gasteiger partial charge in [0.05, 0.1) is 6.04 Å². The molecule has 5 heteroatoms. The average Bonchev–Trinajstić information content (AvgIpc) is 2.54. The van der Waals surface area contributed by atoms with E-state index in [1.54, 1.807) is 6.92 Å². The largest absolute Gasteiger partial charge is 0.389 e. The first kappa shape index (κ1) is 21.7. The summed E-state index contributed by atoms with van der Waals surface area (Å²) < 4.78 is 0. The fourth-order valence-electron chi connectivity index (χ4n) is 3.56. The Morgan fingerprint density at radius 3 is 2.40 bits per heavy atom. The molecule has 1 aliphatic carbocycles. The summed E-state index contributed by atoms with van der Waals surface area (Å²) in [6, 6.07) is 0.211. The van der Waals surface area contributed by atoms with E-state index in [4.69, 9.17) is 0 Å². The molecule has 0 bridgehead atoms. The Balaban J connectivity index is 2.42. The van der Waals surface area contributed by atoms with Gasteiger partial charge in [0, 0.05) is 30.7 Å². The number of amides is 1. The maximum Gasteiger partial charge on any atom is 0.224 e. The van der Waals surface area contributed by atoms with Crippen LogP contribution in [0.1, 0.15) is 65.7 Å². The third kappa shape index (κ3) is 8.52. The zero-order chi connectivity index (χ0) is 18.8. The molecule has 0 aromatic rings. The fraction of sp³-hybridized carbons (Fsp3) is 0.800. The number of rotatable bonds is 11. The van der Waals surface area contributed by atoms with Crippen LogP contribution in [0.15, 0.2) is 12.3 Å². The standard InChI is InChI=1S/C20H37N3O2/c1-15(2)21-13-9-12-19(17(4)24)23(5)14-16(3)20(25)22-18-10-7-6-8-11-18/h16,18-19,21H,1,6-14H2,2-5H3,(H,22,25). The normalized spacial score (nSPS) is 17.8. The van der Waals surface area contributed by atoms with E-state index in [1.165, 1.54) is 19.3 Å². The number of nitrogens with one attached hydrogen (secondary N) is 2. The van der Waals surface area contributed by atoms with E-state index in [0.717, 1.165) is 37.9 Å². The number of carbonyl (C=O) groups is 2. The zero-order valence-corrected chi connectivity index (χ0v) is 16.6. The highest BCUT2D eigenvalue weighted by Gasteiger charge is 2.25. The summed E-state index contributed by atoms with van der Waals surface area (Å²) in [5.74, 6) is 0.171. The van der Waals surface area contributed by atoms with Gasteiger partial charge in [0.15, 0.2) is 0 Å². The van der Waals surface area contributed by atoms with Gasteiger partial charge in [-0.2, -0.15) is 0 Å². The number of hydrogen-bond donors (Lipinski definition) is 2. The third-order valence-electron chi connectivity index (χ3n) is 5.04. The molecule has 1 amide bonds. The molecule has 0 spiro atoms. The van der Waals surface area contributed by atoms with Crippen molar-refractivity contribution in [3.63, 3.8) is 0 Å². The molecule has 0 aliphatic heterocycles. The smallest absolute Gasteiger partial charge is 0.224 e. The monoisotopic (exact) mass is 351 g/mol. The van der Waals surface area contributed by atoms with Crippen LogP contribution in [-0.4, -0.2) is 48.8 Å². The van der Waals surface area contributed by atoms with Gasteiger partial charge in [-0.25, -0.2) is 0 Å². The fourth-order valence-corrected chi connectivity index (χ4v) is 3.56. The van der Waals surface area contributed by atoms with Crippen molar-refractivity contribution < 1.29 is 9.59 Å². The molecular formula is C20H37N3O2. The lowest BCUT2D eigenvalue weighted by Crippen LogP contribution is -2.45. The summed E-state index contributed by atoms with van der Waals surface area (Å²) in [5, 5.41) is 6.38. The van der Waals surface area contributed by atoms with Crippen molar-refractivity contribution in [1.82, 2.24) is 15.5 Å². The summed E-state index contributed by atoms with van der Waals surface area (Å²) in [6.07, 6.45) is 7.60. The molecule has 1 aliphatic rings. The molecule has 25 heavy (non-hydrogen) atoms. The molecule has 5 nitrogen and oxygen atoms in total. The van der Waals surface area contributed by atoms with Gasteiger partial charge in [-0.05, 0) is 46.6 Å². The van der Waals surface area contributed by atoms with Gasteiger partial charge < -0.3 is 10.6 Å². The van der Waals surface area contributed by atoms with Crippen molar-refractivity contribution in [1.29, 1.82) is 0 Å². The highest BCUT2D eigenvalue weighted by atomic mass is 16.2. The lowest BCUT2D eigenvalue weighted by Gasteiger charge is -2.30. The summed E-state index contributed by atoms with van der Waals surface area (Å²) in [4.78, 5) is 26.5. The van der Waals surface area contributed by atoms with Crippen molar-refractivity contribution in [3.8, 4) is 0 Å². The van der Waals surface area contributed by atoms with E-state index in [9.17, 15) is 9.59 Å². The van der Waals surface area contributed by atoms with E-state index in [1.807, 2.05) is 25.8 Å². The number of nitrogens with zero attached hydrogens (tertiary/aromatic N) is 1. The van der Waals surface area contributed by atoms with Gasteiger partial charge in [0.2, 0.25) is 5.91 Å². The predicted octanol–water partition coefficient (Wildman–Crippen LogP) is 2.86. The van der Waals surface area contributed by atoms with Crippen LogP contribution in [0.4, 0.5) is 0 Å². The molecule has 1 rings (SSSR count). The molecule has 0 aromatic heterocycles. The van der Waals surface area contributed by atoms with Crippen LogP contribution in [0.2, 0.25) is 0 Å². The highest BCUT2D eigenvalue weighted by molar-refractivity contribution is 5.82. The van der Waals surface area contributed by atoms with Crippen LogP contribution < -0.4 is 10.6 Å². The number of likely N-dealkylation sites (N-methyl/N-ethyl adjacent to an activating group) is 1. The Labute approximate surface area is 153 Å². The third-order valence-corrected chi connectivity index (χ3v) is 5.04. The van der Waals surface area contributed by atoms with E-state index >= 15 is 0 Å². The van der Waals surface area contributed by atoms with Gasteiger partial charge in [0.1, 0.15) is 5.78 Å². The molecule has 0 radical (unpaired) electrons. The first-order chi connectivity index (χ1) is 11.8. The molecule has 2 unspecified atom stereocenters. The van der Waals surface area contributed by atoms with Gasteiger partial charge >= 0.3 is 0 Å². The van der Waals surface area contributed by atoms with E-state index in [0.29, 0.717) is 12.6 Å². The topological polar surface area (TPSA) is 61.4 Å². The van der Waals surface area contributed by atoms with Crippen LogP contribution in [0, 0.1) is 5.92 Å². The molecular weight excluding hydrogens is 314 g/mol. The SMILES string of the molecule is C=C(C)NCCCC(C(C)=O)N(C)CC(C)C(=O)NC1CCCCC1. The van der Waals surface area contributed by atoms with Crippen LogP contribution in [0.5, 0.6) is 0 Å². The second kappa shape index (κ2) is 11.3. The Bertz CT molecular complexity index is 444. The Kier molecular flexibility index (Phi) is 9.79. The van der Waals surface area contributed by atoms with Crippen molar-refractivity contribution in [2.75, 3.05) is 20.1 Å². The van der Waals surface area contributed by atoms with Crippen molar-refractivity contribution in [2.24, 2.45) is 5.92 Å². The number of ketones is 1. The minimum atomic E-state index is -0.128. The van der Waals surface area contributed by atoms with Crippen LogP contribution in [-0.2, 0) is 9.59 Å². The van der Waals surface area contributed by atoms with Crippen LogP contribution in [0.3, 0.4) is 0 Å². The second-order valence-corrected chi connectivity index (χ2v) is 7.66. The summed E-state index contributed by atoms with van der Waals surface area (Å²) >= 11 is 0. The maximum atomic E-state index is 12.4. The number of hydrogen-bond acceptors (Lipinski definition) is 4.